The van der Waals surface area contributed by atoms with Gasteiger partial charge < -0.3 is 9.84 Å². The number of hydrogen-bond donors (Lipinski definition) is 1. The Balaban J connectivity index is 2.81. The first-order valence-electron chi connectivity index (χ1n) is 4.53. The van der Waals surface area contributed by atoms with Crippen molar-refractivity contribution in [3.8, 4) is 5.75 Å². The van der Waals surface area contributed by atoms with E-state index in [1.54, 1.807) is 12.1 Å². The minimum absolute atomic E-state index is 0.191. The van der Waals surface area contributed by atoms with Crippen molar-refractivity contribution in [2.24, 2.45) is 0 Å². The molecule has 0 aliphatic carbocycles. The van der Waals surface area contributed by atoms with E-state index in [0.717, 1.165) is 10.8 Å². The molecule has 0 atom stereocenters. The van der Waals surface area contributed by atoms with Crippen LogP contribution in [0, 0.1) is 0 Å². The molecular formula is C12H10O3. The largest absolute Gasteiger partial charge is 0.495 e. The quantitative estimate of drug-likeness (QED) is 0.763. The maximum Gasteiger partial charge on any atom is 0.339 e. The zero-order chi connectivity index (χ0) is 10.8. The van der Waals surface area contributed by atoms with Crippen LogP contribution in [0.5, 0.6) is 5.75 Å². The van der Waals surface area contributed by atoms with Crippen LogP contribution in [0.15, 0.2) is 36.4 Å². The molecule has 0 radical (unpaired) electrons. The Labute approximate surface area is 86.9 Å². The number of carboxylic acids is 1. The molecule has 76 valence electrons. The third-order valence-electron chi connectivity index (χ3n) is 2.31. The van der Waals surface area contributed by atoms with E-state index in [1.165, 1.54) is 7.11 Å². The van der Waals surface area contributed by atoms with Gasteiger partial charge in [0, 0.05) is 5.39 Å². The van der Waals surface area contributed by atoms with Gasteiger partial charge in [0.15, 0.2) is 0 Å². The molecule has 0 heterocycles. The zero-order valence-corrected chi connectivity index (χ0v) is 8.23. The van der Waals surface area contributed by atoms with E-state index in [2.05, 4.69) is 0 Å². The lowest BCUT2D eigenvalue weighted by Crippen LogP contribution is -2.00. The Kier molecular flexibility index (Phi) is 2.29. The van der Waals surface area contributed by atoms with Gasteiger partial charge in [-0.1, -0.05) is 30.3 Å². The van der Waals surface area contributed by atoms with Crippen molar-refractivity contribution in [1.29, 1.82) is 0 Å². The van der Waals surface area contributed by atoms with E-state index in [9.17, 15) is 4.79 Å². The van der Waals surface area contributed by atoms with Crippen molar-refractivity contribution in [2.75, 3.05) is 7.11 Å². The minimum atomic E-state index is -0.974. The molecule has 3 heteroatoms. The summed E-state index contributed by atoms with van der Waals surface area (Å²) in [5.74, 6) is -0.557. The van der Waals surface area contributed by atoms with Crippen LogP contribution in [0.25, 0.3) is 10.8 Å². The highest BCUT2D eigenvalue weighted by molar-refractivity contribution is 6.00. The van der Waals surface area contributed by atoms with Crippen molar-refractivity contribution in [3.63, 3.8) is 0 Å². The lowest BCUT2D eigenvalue weighted by molar-refractivity contribution is 0.0693. The third kappa shape index (κ3) is 1.52. The van der Waals surface area contributed by atoms with E-state index in [-0.39, 0.29) is 5.56 Å². The molecule has 0 aliphatic heterocycles. The highest BCUT2D eigenvalue weighted by Crippen LogP contribution is 2.29. The highest BCUT2D eigenvalue weighted by Gasteiger charge is 2.13. The third-order valence-corrected chi connectivity index (χ3v) is 2.31. The standard InChI is InChI=1S/C12H10O3/c1-15-11-9-5-3-2-4-8(9)6-7-10(11)12(13)14/h2-7H,1H3,(H,13,14)/i12+1. The van der Waals surface area contributed by atoms with Crippen molar-refractivity contribution in [1.82, 2.24) is 0 Å². The summed E-state index contributed by atoms with van der Waals surface area (Å²) in [6, 6.07) is 10.9. The fourth-order valence-corrected chi connectivity index (χ4v) is 1.63. The first kappa shape index (κ1) is 9.52. The molecule has 0 saturated heterocycles. The lowest BCUT2D eigenvalue weighted by atomic mass is 10.1. The Morgan fingerprint density at radius 1 is 1.20 bits per heavy atom. The van der Waals surface area contributed by atoms with Crippen LogP contribution in [0.2, 0.25) is 0 Å². The molecule has 1 N–H and O–H groups in total. The number of carbonyl (C=O) groups is 1. The van der Waals surface area contributed by atoms with Gasteiger partial charge in [-0.05, 0) is 11.5 Å². The van der Waals surface area contributed by atoms with Gasteiger partial charge in [-0.3, -0.25) is 0 Å². The molecule has 2 aromatic carbocycles. The topological polar surface area (TPSA) is 46.5 Å². The second-order valence-corrected chi connectivity index (χ2v) is 3.17. The Bertz CT molecular complexity index is 517. The van der Waals surface area contributed by atoms with Crippen molar-refractivity contribution >= 4 is 16.7 Å². The van der Waals surface area contributed by atoms with Gasteiger partial charge >= 0.3 is 5.97 Å². The minimum Gasteiger partial charge on any atom is -0.495 e. The first-order chi connectivity index (χ1) is 7.24. The van der Waals surface area contributed by atoms with E-state index in [0.29, 0.717) is 5.75 Å². The maximum atomic E-state index is 10.9. The summed E-state index contributed by atoms with van der Waals surface area (Å²) >= 11 is 0. The molecule has 0 amide bonds. The summed E-state index contributed by atoms with van der Waals surface area (Å²) < 4.78 is 5.14. The molecule has 0 aromatic heterocycles. The van der Waals surface area contributed by atoms with Gasteiger partial charge in [-0.2, -0.15) is 0 Å². The lowest BCUT2D eigenvalue weighted by Gasteiger charge is -2.08. The summed E-state index contributed by atoms with van der Waals surface area (Å²) in [4.78, 5) is 10.9. The smallest absolute Gasteiger partial charge is 0.339 e. The summed E-state index contributed by atoms with van der Waals surface area (Å²) in [7, 11) is 1.48. The van der Waals surface area contributed by atoms with Crippen molar-refractivity contribution in [3.05, 3.63) is 42.0 Å². The first-order valence-corrected chi connectivity index (χ1v) is 4.53. The molecule has 0 bridgehead atoms. The van der Waals surface area contributed by atoms with E-state index in [1.807, 2.05) is 24.3 Å². The van der Waals surface area contributed by atoms with Gasteiger partial charge in [-0.15, -0.1) is 0 Å². The molecule has 3 nitrogen and oxygen atoms in total. The molecule has 0 aliphatic rings. The van der Waals surface area contributed by atoms with E-state index >= 15 is 0 Å². The fraction of sp³-hybridized carbons (Fsp3) is 0.0833. The number of hydrogen-bond acceptors (Lipinski definition) is 2. The van der Waals surface area contributed by atoms with Crippen LogP contribution in [0.4, 0.5) is 0 Å². The monoisotopic (exact) mass is 203 g/mol. The SMILES string of the molecule is COc1c([13C](=O)O)ccc2ccccc12. The average molecular weight is 203 g/mol. The van der Waals surface area contributed by atoms with Crippen LogP contribution in [-0.4, -0.2) is 18.2 Å². The second-order valence-electron chi connectivity index (χ2n) is 3.17. The summed E-state index contributed by atoms with van der Waals surface area (Å²) in [5.41, 5.74) is 0.191. The predicted octanol–water partition coefficient (Wildman–Crippen LogP) is 2.55. The molecule has 0 spiro atoms. The molecular weight excluding hydrogens is 193 g/mol. The Morgan fingerprint density at radius 3 is 2.60 bits per heavy atom. The van der Waals surface area contributed by atoms with Gasteiger partial charge in [0.25, 0.3) is 0 Å². The summed E-state index contributed by atoms with van der Waals surface area (Å²) in [5, 5.41) is 10.8. The molecule has 15 heavy (non-hydrogen) atoms. The maximum absolute atomic E-state index is 10.9. The Morgan fingerprint density at radius 2 is 1.93 bits per heavy atom. The van der Waals surface area contributed by atoms with Crippen LogP contribution in [0.3, 0.4) is 0 Å². The van der Waals surface area contributed by atoms with Gasteiger partial charge in [0.1, 0.15) is 11.3 Å². The van der Waals surface area contributed by atoms with Crippen LogP contribution in [-0.2, 0) is 0 Å². The van der Waals surface area contributed by atoms with Crippen molar-refractivity contribution in [2.45, 2.75) is 0 Å². The van der Waals surface area contributed by atoms with E-state index < -0.39 is 5.97 Å². The second kappa shape index (κ2) is 3.61. The number of benzene rings is 2. The van der Waals surface area contributed by atoms with E-state index in [4.69, 9.17) is 9.84 Å². The number of fused-ring (bicyclic) bond motifs is 1. The number of aromatic carboxylic acids is 1. The zero-order valence-electron chi connectivity index (χ0n) is 8.23. The number of methoxy groups -OCH3 is 1. The molecule has 0 saturated carbocycles. The average Bonchev–Trinajstić information content (AvgIpc) is 2.27. The van der Waals surface area contributed by atoms with Gasteiger partial charge in [0.2, 0.25) is 0 Å². The molecule has 2 rings (SSSR count). The van der Waals surface area contributed by atoms with Gasteiger partial charge in [-0.25, -0.2) is 4.79 Å². The fourth-order valence-electron chi connectivity index (χ4n) is 1.63. The summed E-state index contributed by atoms with van der Waals surface area (Å²) in [6.07, 6.45) is 0. The van der Waals surface area contributed by atoms with Crippen molar-refractivity contribution < 1.29 is 14.6 Å². The highest BCUT2D eigenvalue weighted by atomic mass is 16.5. The summed E-state index contributed by atoms with van der Waals surface area (Å²) in [6.45, 7) is 0. The number of ether oxygens (including phenoxy) is 1. The van der Waals surface area contributed by atoms with Crippen LogP contribution < -0.4 is 4.74 Å². The molecule has 0 unspecified atom stereocenters. The van der Waals surface area contributed by atoms with Crippen LogP contribution in [0.1, 0.15) is 10.4 Å². The molecule has 0 fully saturated rings. The number of carboxylic acid groups (broad SMARTS) is 1. The van der Waals surface area contributed by atoms with Gasteiger partial charge in [0.05, 0.1) is 7.11 Å². The van der Waals surface area contributed by atoms with Crippen LogP contribution >= 0.6 is 0 Å². The molecule has 2 aromatic rings. The number of rotatable bonds is 2. The normalized spacial score (nSPS) is 10.2. The predicted molar refractivity (Wildman–Crippen MR) is 57.5 cm³/mol. The Hall–Kier alpha value is -2.03.